The standard InChI is InChI=1S/C14H20N4O2S/c1-9(6-7-10-5-4-8-20-10)16-13(19)11-12(15)17-14(21-11)18(2)3/h4-5,8-9H,6-7,15H2,1-3H3,(H,16,19). The predicted molar refractivity (Wildman–Crippen MR) is 84.8 cm³/mol. The molecule has 0 aliphatic heterocycles. The minimum absolute atomic E-state index is 0.0342. The fourth-order valence-corrected chi connectivity index (χ4v) is 2.66. The third kappa shape index (κ3) is 3.98. The van der Waals surface area contributed by atoms with Crippen LogP contribution in [-0.4, -0.2) is 31.0 Å². The van der Waals surface area contributed by atoms with Gasteiger partial charge in [0.25, 0.3) is 5.91 Å². The van der Waals surface area contributed by atoms with E-state index in [1.807, 2.05) is 38.1 Å². The molecule has 114 valence electrons. The number of thiazole rings is 1. The third-order valence-corrected chi connectivity index (χ3v) is 4.25. The Hall–Kier alpha value is -2.02. The van der Waals surface area contributed by atoms with Crippen molar-refractivity contribution >= 4 is 28.2 Å². The zero-order valence-corrected chi connectivity index (χ0v) is 13.2. The number of carbonyl (C=O) groups excluding carboxylic acids is 1. The molecule has 2 aromatic heterocycles. The van der Waals surface area contributed by atoms with Crippen LogP contribution in [-0.2, 0) is 6.42 Å². The second-order valence-corrected chi connectivity index (χ2v) is 6.08. The van der Waals surface area contributed by atoms with Crippen molar-refractivity contribution in [1.82, 2.24) is 10.3 Å². The van der Waals surface area contributed by atoms with E-state index in [0.29, 0.717) is 4.88 Å². The van der Waals surface area contributed by atoms with Crippen LogP contribution < -0.4 is 16.0 Å². The number of rotatable bonds is 6. The maximum Gasteiger partial charge on any atom is 0.265 e. The fraction of sp³-hybridized carbons (Fsp3) is 0.429. The van der Waals surface area contributed by atoms with Crippen molar-refractivity contribution < 1.29 is 9.21 Å². The summed E-state index contributed by atoms with van der Waals surface area (Å²) in [4.78, 5) is 18.7. The quantitative estimate of drug-likeness (QED) is 0.854. The summed E-state index contributed by atoms with van der Waals surface area (Å²) in [5.74, 6) is 1.02. The third-order valence-electron chi connectivity index (χ3n) is 3.01. The summed E-state index contributed by atoms with van der Waals surface area (Å²) >= 11 is 1.29. The van der Waals surface area contributed by atoms with Gasteiger partial charge in [0, 0.05) is 26.6 Å². The molecule has 21 heavy (non-hydrogen) atoms. The van der Waals surface area contributed by atoms with E-state index in [1.54, 1.807) is 6.26 Å². The minimum atomic E-state index is -0.176. The van der Waals surface area contributed by atoms with Crippen LogP contribution >= 0.6 is 11.3 Å². The number of nitrogens with zero attached hydrogens (tertiary/aromatic N) is 2. The Bertz CT molecular complexity index is 592. The molecule has 0 spiro atoms. The van der Waals surface area contributed by atoms with Gasteiger partial charge in [0.15, 0.2) is 5.13 Å². The second kappa shape index (κ2) is 6.62. The molecule has 0 aliphatic rings. The number of nitrogens with two attached hydrogens (primary N) is 1. The number of aromatic nitrogens is 1. The average Bonchev–Trinajstić information content (AvgIpc) is 3.05. The van der Waals surface area contributed by atoms with E-state index in [4.69, 9.17) is 10.2 Å². The van der Waals surface area contributed by atoms with Gasteiger partial charge in [-0.15, -0.1) is 0 Å². The first-order valence-corrected chi connectivity index (χ1v) is 7.56. The molecule has 3 N–H and O–H groups in total. The van der Waals surface area contributed by atoms with Gasteiger partial charge in [-0.25, -0.2) is 4.98 Å². The first-order chi connectivity index (χ1) is 9.97. The second-order valence-electron chi connectivity index (χ2n) is 5.10. The minimum Gasteiger partial charge on any atom is -0.469 e. The molecular formula is C14H20N4O2S. The van der Waals surface area contributed by atoms with Gasteiger partial charge in [-0.2, -0.15) is 0 Å². The van der Waals surface area contributed by atoms with Crippen LogP contribution in [0.5, 0.6) is 0 Å². The number of nitrogen functional groups attached to an aromatic ring is 1. The monoisotopic (exact) mass is 308 g/mol. The Balaban J connectivity index is 1.91. The number of hydrogen-bond acceptors (Lipinski definition) is 6. The number of carbonyl (C=O) groups is 1. The zero-order chi connectivity index (χ0) is 15.4. The molecular weight excluding hydrogens is 288 g/mol. The summed E-state index contributed by atoms with van der Waals surface area (Å²) in [6, 6.07) is 3.82. The Morgan fingerprint density at radius 1 is 1.57 bits per heavy atom. The van der Waals surface area contributed by atoms with E-state index in [-0.39, 0.29) is 17.8 Å². The number of aryl methyl sites for hydroxylation is 1. The normalized spacial score (nSPS) is 12.1. The molecule has 1 atom stereocenters. The van der Waals surface area contributed by atoms with Crippen LogP contribution in [0, 0.1) is 0 Å². The van der Waals surface area contributed by atoms with Gasteiger partial charge in [0.2, 0.25) is 0 Å². The van der Waals surface area contributed by atoms with Crippen LogP contribution in [0.25, 0.3) is 0 Å². The molecule has 0 aromatic carbocycles. The van der Waals surface area contributed by atoms with E-state index in [1.165, 1.54) is 11.3 Å². The molecule has 0 aliphatic carbocycles. The van der Waals surface area contributed by atoms with Gasteiger partial charge in [0.1, 0.15) is 16.5 Å². The lowest BCUT2D eigenvalue weighted by molar-refractivity contribution is 0.0943. The van der Waals surface area contributed by atoms with Crippen molar-refractivity contribution in [3.63, 3.8) is 0 Å². The van der Waals surface area contributed by atoms with Crippen molar-refractivity contribution in [3.05, 3.63) is 29.0 Å². The van der Waals surface area contributed by atoms with E-state index >= 15 is 0 Å². The largest absolute Gasteiger partial charge is 0.469 e. The molecule has 2 rings (SSSR count). The van der Waals surface area contributed by atoms with Crippen LogP contribution in [0.15, 0.2) is 22.8 Å². The predicted octanol–water partition coefficient (Wildman–Crippen LogP) is 2.14. The van der Waals surface area contributed by atoms with Crippen LogP contribution in [0.2, 0.25) is 0 Å². The maximum absolute atomic E-state index is 12.2. The molecule has 7 heteroatoms. The van der Waals surface area contributed by atoms with Crippen molar-refractivity contribution in [2.45, 2.75) is 25.8 Å². The number of amides is 1. The van der Waals surface area contributed by atoms with Gasteiger partial charge in [0.05, 0.1) is 6.26 Å². The average molecular weight is 308 g/mol. The Morgan fingerprint density at radius 2 is 2.33 bits per heavy atom. The molecule has 0 bridgehead atoms. The smallest absolute Gasteiger partial charge is 0.265 e. The lowest BCUT2D eigenvalue weighted by Crippen LogP contribution is -2.32. The van der Waals surface area contributed by atoms with Gasteiger partial charge in [-0.3, -0.25) is 4.79 Å². The van der Waals surface area contributed by atoms with E-state index in [2.05, 4.69) is 10.3 Å². The lowest BCUT2D eigenvalue weighted by Gasteiger charge is -2.12. The van der Waals surface area contributed by atoms with Crippen molar-refractivity contribution in [1.29, 1.82) is 0 Å². The highest BCUT2D eigenvalue weighted by Gasteiger charge is 2.18. The molecule has 0 saturated carbocycles. The SMILES string of the molecule is CC(CCc1ccco1)NC(=O)c1sc(N(C)C)nc1N. The van der Waals surface area contributed by atoms with E-state index < -0.39 is 0 Å². The van der Waals surface area contributed by atoms with Crippen LogP contribution in [0.1, 0.15) is 28.8 Å². The van der Waals surface area contributed by atoms with Crippen molar-refractivity contribution in [2.24, 2.45) is 0 Å². The molecule has 0 fully saturated rings. The summed E-state index contributed by atoms with van der Waals surface area (Å²) in [6.07, 6.45) is 3.24. The van der Waals surface area contributed by atoms with Gasteiger partial charge < -0.3 is 20.4 Å². The number of nitrogens with one attached hydrogen (secondary N) is 1. The first kappa shape index (κ1) is 15.4. The number of hydrogen-bond donors (Lipinski definition) is 2. The van der Waals surface area contributed by atoms with Crippen LogP contribution in [0.4, 0.5) is 10.9 Å². The molecule has 2 aromatic rings. The van der Waals surface area contributed by atoms with Crippen molar-refractivity contribution in [2.75, 3.05) is 24.7 Å². The van der Waals surface area contributed by atoms with E-state index in [0.717, 1.165) is 23.7 Å². The van der Waals surface area contributed by atoms with Crippen molar-refractivity contribution in [3.8, 4) is 0 Å². The lowest BCUT2D eigenvalue weighted by atomic mass is 10.1. The molecule has 0 radical (unpaired) electrons. The maximum atomic E-state index is 12.2. The van der Waals surface area contributed by atoms with Gasteiger partial charge in [-0.05, 0) is 25.5 Å². The highest BCUT2D eigenvalue weighted by molar-refractivity contribution is 7.18. The molecule has 2 heterocycles. The summed E-state index contributed by atoms with van der Waals surface area (Å²) in [5.41, 5.74) is 5.80. The zero-order valence-electron chi connectivity index (χ0n) is 12.4. The summed E-state index contributed by atoms with van der Waals surface area (Å²) in [5, 5.41) is 3.67. The summed E-state index contributed by atoms with van der Waals surface area (Å²) in [6.45, 7) is 1.96. The van der Waals surface area contributed by atoms with Gasteiger partial charge >= 0.3 is 0 Å². The Kier molecular flexibility index (Phi) is 4.85. The summed E-state index contributed by atoms with van der Waals surface area (Å²) in [7, 11) is 3.73. The highest BCUT2D eigenvalue weighted by atomic mass is 32.1. The van der Waals surface area contributed by atoms with E-state index in [9.17, 15) is 4.79 Å². The molecule has 1 amide bonds. The Morgan fingerprint density at radius 3 is 2.90 bits per heavy atom. The molecule has 6 nitrogen and oxygen atoms in total. The topological polar surface area (TPSA) is 84.4 Å². The molecule has 1 unspecified atom stereocenters. The van der Waals surface area contributed by atoms with Crippen LogP contribution in [0.3, 0.4) is 0 Å². The number of furan rings is 1. The highest BCUT2D eigenvalue weighted by Crippen LogP contribution is 2.26. The summed E-state index contributed by atoms with van der Waals surface area (Å²) < 4.78 is 5.28. The van der Waals surface area contributed by atoms with Gasteiger partial charge in [-0.1, -0.05) is 11.3 Å². The first-order valence-electron chi connectivity index (χ1n) is 6.74. The number of anilines is 2. The molecule has 0 saturated heterocycles. The Labute approximate surface area is 128 Å². The fourth-order valence-electron chi connectivity index (χ4n) is 1.85.